The molecular formula is C11H11F3OS3. The lowest BCUT2D eigenvalue weighted by Gasteiger charge is -2.18. The van der Waals surface area contributed by atoms with Crippen molar-refractivity contribution >= 4 is 42.8 Å². The van der Waals surface area contributed by atoms with E-state index < -0.39 is 21.8 Å². The Morgan fingerprint density at radius 3 is 2.22 bits per heavy atom. The zero-order valence-corrected chi connectivity index (χ0v) is 11.7. The van der Waals surface area contributed by atoms with Crippen molar-refractivity contribution in [2.45, 2.75) is 27.3 Å². The Bertz CT molecular complexity index is 392. The van der Waals surface area contributed by atoms with E-state index in [0.29, 0.717) is 4.90 Å². The second-order valence-electron chi connectivity index (χ2n) is 3.50. The van der Waals surface area contributed by atoms with Crippen LogP contribution in [-0.4, -0.2) is 21.8 Å². The van der Waals surface area contributed by atoms with Gasteiger partial charge in [0.1, 0.15) is 0 Å². The Morgan fingerprint density at radius 1 is 1.22 bits per heavy atom. The van der Waals surface area contributed by atoms with Gasteiger partial charge in [-0.15, -0.1) is 11.8 Å². The van der Waals surface area contributed by atoms with Gasteiger partial charge in [-0.3, -0.25) is 4.79 Å². The first-order valence-corrected chi connectivity index (χ1v) is 6.91. The first kappa shape index (κ1) is 15.8. The highest BCUT2D eigenvalue weighted by atomic mass is 32.2. The Hall–Kier alpha value is -0.270. The van der Waals surface area contributed by atoms with Gasteiger partial charge in [-0.05, 0) is 18.6 Å². The number of alkyl halides is 3. The van der Waals surface area contributed by atoms with Gasteiger partial charge >= 0.3 is 6.18 Å². The third-order valence-electron chi connectivity index (χ3n) is 2.02. The number of thiol groups is 2. The molecule has 0 aliphatic heterocycles. The Kier molecular flexibility index (Phi) is 5.94. The van der Waals surface area contributed by atoms with Crippen molar-refractivity contribution in [3.63, 3.8) is 0 Å². The minimum Gasteiger partial charge on any atom is -0.288 e. The smallest absolute Gasteiger partial charge is 0.288 e. The van der Waals surface area contributed by atoms with Gasteiger partial charge in [0.2, 0.25) is 5.78 Å². The number of rotatable bonds is 5. The standard InChI is InChI=1S/C11H11F3OS3/c12-11(13,14)10(15)8(6-9(16)17)18-7-4-2-1-3-5-7/h1-5,8-9,16-17H,6H2. The second kappa shape index (κ2) is 6.77. The molecule has 0 amide bonds. The van der Waals surface area contributed by atoms with E-state index in [9.17, 15) is 18.0 Å². The van der Waals surface area contributed by atoms with E-state index in [2.05, 4.69) is 25.3 Å². The number of halogens is 3. The zero-order chi connectivity index (χ0) is 13.8. The van der Waals surface area contributed by atoms with Crippen molar-refractivity contribution in [1.82, 2.24) is 0 Å². The van der Waals surface area contributed by atoms with E-state index in [1.165, 1.54) is 0 Å². The van der Waals surface area contributed by atoms with E-state index in [-0.39, 0.29) is 6.42 Å². The van der Waals surface area contributed by atoms with Gasteiger partial charge in [-0.1, -0.05) is 18.2 Å². The lowest BCUT2D eigenvalue weighted by atomic mass is 10.2. The molecule has 7 heteroatoms. The molecule has 1 rings (SSSR count). The summed E-state index contributed by atoms with van der Waals surface area (Å²) in [4.78, 5) is 11.9. The van der Waals surface area contributed by atoms with Gasteiger partial charge in [0.05, 0.1) is 5.25 Å². The molecule has 1 unspecified atom stereocenters. The molecule has 1 atom stereocenters. The Morgan fingerprint density at radius 2 is 1.78 bits per heavy atom. The van der Waals surface area contributed by atoms with Gasteiger partial charge < -0.3 is 0 Å². The number of carbonyl (C=O) groups is 1. The summed E-state index contributed by atoms with van der Waals surface area (Å²) in [5, 5.41) is -1.22. The second-order valence-corrected chi connectivity index (χ2v) is 6.43. The summed E-state index contributed by atoms with van der Waals surface area (Å²) in [6.45, 7) is 0. The number of Topliss-reactive ketones (excluding diaryl/α,β-unsaturated/α-hetero) is 1. The van der Waals surface area contributed by atoms with E-state index in [1.54, 1.807) is 30.3 Å². The average molecular weight is 312 g/mol. The lowest BCUT2D eigenvalue weighted by Crippen LogP contribution is -2.33. The highest BCUT2D eigenvalue weighted by molar-refractivity contribution is 8.01. The number of carbonyl (C=O) groups excluding carboxylic acids is 1. The lowest BCUT2D eigenvalue weighted by molar-refractivity contribution is -0.170. The summed E-state index contributed by atoms with van der Waals surface area (Å²) in [6, 6.07) is 8.48. The van der Waals surface area contributed by atoms with Crippen molar-refractivity contribution in [2.75, 3.05) is 0 Å². The summed E-state index contributed by atoms with van der Waals surface area (Å²) in [6.07, 6.45) is -4.88. The maximum Gasteiger partial charge on any atom is 0.451 e. The molecular weight excluding hydrogens is 301 g/mol. The molecule has 0 radical (unpaired) electrons. The van der Waals surface area contributed by atoms with Crippen LogP contribution in [-0.2, 0) is 4.79 Å². The fourth-order valence-electron chi connectivity index (χ4n) is 1.25. The van der Waals surface area contributed by atoms with Crippen molar-refractivity contribution in [3.05, 3.63) is 30.3 Å². The highest BCUT2D eigenvalue weighted by Crippen LogP contribution is 2.33. The van der Waals surface area contributed by atoms with Crippen LogP contribution in [0.25, 0.3) is 0 Å². The molecule has 0 heterocycles. The van der Waals surface area contributed by atoms with Crippen LogP contribution in [0.5, 0.6) is 0 Å². The molecule has 1 aromatic rings. The molecule has 0 spiro atoms. The highest BCUT2D eigenvalue weighted by Gasteiger charge is 2.43. The predicted octanol–water partition coefficient (Wildman–Crippen LogP) is 3.85. The topological polar surface area (TPSA) is 17.1 Å². The molecule has 0 saturated heterocycles. The van der Waals surface area contributed by atoms with Gasteiger partial charge in [0.25, 0.3) is 0 Å². The largest absolute Gasteiger partial charge is 0.451 e. The molecule has 0 aromatic heterocycles. The number of benzene rings is 1. The van der Waals surface area contributed by atoms with Crippen LogP contribution in [0.4, 0.5) is 13.2 Å². The van der Waals surface area contributed by atoms with Crippen LogP contribution in [0.15, 0.2) is 35.2 Å². The van der Waals surface area contributed by atoms with Crippen LogP contribution in [0.1, 0.15) is 6.42 Å². The molecule has 0 aliphatic carbocycles. The van der Waals surface area contributed by atoms with Crippen LogP contribution >= 0.6 is 37.0 Å². The fraction of sp³-hybridized carbons (Fsp3) is 0.364. The third-order valence-corrected chi connectivity index (χ3v) is 3.68. The van der Waals surface area contributed by atoms with E-state index in [0.717, 1.165) is 11.8 Å². The minimum atomic E-state index is -4.83. The van der Waals surface area contributed by atoms with Crippen LogP contribution < -0.4 is 0 Å². The fourth-order valence-corrected chi connectivity index (χ4v) is 3.13. The molecule has 0 fully saturated rings. The number of ketones is 1. The Balaban J connectivity index is 2.83. The third kappa shape index (κ3) is 5.16. The summed E-state index contributed by atoms with van der Waals surface area (Å²) >= 11 is 8.74. The van der Waals surface area contributed by atoms with Crippen molar-refractivity contribution in [3.8, 4) is 0 Å². The SMILES string of the molecule is O=C(C(CC(S)S)Sc1ccccc1)C(F)(F)F. The number of hydrogen-bond acceptors (Lipinski definition) is 4. The first-order chi connectivity index (χ1) is 8.30. The van der Waals surface area contributed by atoms with Gasteiger partial charge in [0.15, 0.2) is 0 Å². The minimum absolute atomic E-state index is 0.0515. The van der Waals surface area contributed by atoms with Crippen molar-refractivity contribution in [1.29, 1.82) is 0 Å². The monoisotopic (exact) mass is 312 g/mol. The summed E-state index contributed by atoms with van der Waals surface area (Å²) in [5.41, 5.74) is 0. The molecule has 0 N–H and O–H groups in total. The van der Waals surface area contributed by atoms with Crippen LogP contribution in [0, 0.1) is 0 Å². The zero-order valence-electron chi connectivity index (χ0n) is 9.09. The summed E-state index contributed by atoms with van der Waals surface area (Å²) in [7, 11) is 0. The Labute approximate surface area is 118 Å². The molecule has 100 valence electrons. The molecule has 1 nitrogen and oxygen atoms in total. The van der Waals surface area contributed by atoms with E-state index >= 15 is 0 Å². The van der Waals surface area contributed by atoms with E-state index in [1.807, 2.05) is 0 Å². The quantitative estimate of drug-likeness (QED) is 0.488. The van der Waals surface area contributed by atoms with Crippen molar-refractivity contribution < 1.29 is 18.0 Å². The van der Waals surface area contributed by atoms with Crippen LogP contribution in [0.2, 0.25) is 0 Å². The average Bonchev–Trinajstić information content (AvgIpc) is 2.26. The molecule has 0 bridgehead atoms. The van der Waals surface area contributed by atoms with E-state index in [4.69, 9.17) is 0 Å². The van der Waals surface area contributed by atoms with Gasteiger partial charge in [0, 0.05) is 9.48 Å². The normalized spacial score (nSPS) is 13.7. The number of hydrogen-bond donors (Lipinski definition) is 2. The molecule has 1 aromatic carbocycles. The van der Waals surface area contributed by atoms with Gasteiger partial charge in [-0.25, -0.2) is 0 Å². The predicted molar refractivity (Wildman–Crippen MR) is 73.5 cm³/mol. The molecule has 0 aliphatic rings. The van der Waals surface area contributed by atoms with Gasteiger partial charge in [-0.2, -0.15) is 38.4 Å². The number of thioether (sulfide) groups is 1. The summed E-state index contributed by atoms with van der Waals surface area (Å²) in [5.74, 6) is -1.75. The van der Waals surface area contributed by atoms with Crippen molar-refractivity contribution in [2.24, 2.45) is 0 Å². The maximum atomic E-state index is 12.4. The molecule has 18 heavy (non-hydrogen) atoms. The summed E-state index contributed by atoms with van der Waals surface area (Å²) < 4.78 is 36.7. The molecule has 0 saturated carbocycles. The first-order valence-electron chi connectivity index (χ1n) is 4.99. The van der Waals surface area contributed by atoms with Crippen LogP contribution in [0.3, 0.4) is 0 Å². The maximum absolute atomic E-state index is 12.4.